The van der Waals surface area contributed by atoms with Crippen LogP contribution in [0.1, 0.15) is 24.4 Å². The maximum Gasteiger partial charge on any atom is 0.128 e. The molecule has 4 heteroatoms. The summed E-state index contributed by atoms with van der Waals surface area (Å²) in [7, 11) is 0. The normalized spacial score (nSPS) is 25.7. The second-order valence-electron chi connectivity index (χ2n) is 3.66. The average molecular weight is 232 g/mol. The number of hydrogen-bond acceptors (Lipinski definition) is 2. The third-order valence-corrected chi connectivity index (χ3v) is 2.67. The van der Waals surface area contributed by atoms with Gasteiger partial charge in [-0.05, 0) is 25.5 Å². The number of aliphatic hydroxyl groups is 1. The monoisotopic (exact) mass is 231 g/mol. The van der Waals surface area contributed by atoms with Crippen LogP contribution in [0, 0.1) is 5.82 Å². The first-order valence-corrected chi connectivity index (χ1v) is 4.95. The number of piperidine rings is 1. The van der Waals surface area contributed by atoms with Crippen molar-refractivity contribution in [2.45, 2.75) is 25.0 Å². The minimum atomic E-state index is -0.472. The van der Waals surface area contributed by atoms with Gasteiger partial charge in [0.25, 0.3) is 0 Å². The molecule has 0 saturated carbocycles. The summed E-state index contributed by atoms with van der Waals surface area (Å²) in [6.45, 7) is 0.843. The van der Waals surface area contributed by atoms with E-state index in [-0.39, 0.29) is 24.3 Å². The van der Waals surface area contributed by atoms with Crippen molar-refractivity contribution >= 4 is 12.4 Å². The fourth-order valence-corrected chi connectivity index (χ4v) is 1.92. The van der Waals surface area contributed by atoms with Crippen molar-refractivity contribution in [3.8, 4) is 0 Å². The van der Waals surface area contributed by atoms with Gasteiger partial charge in [0.1, 0.15) is 5.82 Å². The minimum absolute atomic E-state index is 0. The molecule has 0 spiro atoms. The first-order chi connectivity index (χ1) is 6.79. The molecule has 2 atom stereocenters. The fourth-order valence-electron chi connectivity index (χ4n) is 1.92. The Balaban J connectivity index is 0.00000112. The lowest BCUT2D eigenvalue weighted by atomic mass is 9.94. The van der Waals surface area contributed by atoms with E-state index in [0.29, 0.717) is 5.56 Å². The zero-order valence-electron chi connectivity index (χ0n) is 8.32. The third-order valence-electron chi connectivity index (χ3n) is 2.67. The molecule has 2 rings (SSSR count). The van der Waals surface area contributed by atoms with E-state index in [2.05, 4.69) is 5.32 Å². The fraction of sp³-hybridized carbons (Fsp3) is 0.455. The minimum Gasteiger partial charge on any atom is -0.391 e. The number of benzene rings is 1. The van der Waals surface area contributed by atoms with Gasteiger partial charge < -0.3 is 10.4 Å². The van der Waals surface area contributed by atoms with E-state index in [1.165, 1.54) is 6.07 Å². The van der Waals surface area contributed by atoms with Crippen molar-refractivity contribution in [3.05, 3.63) is 35.6 Å². The molecule has 2 unspecified atom stereocenters. The van der Waals surface area contributed by atoms with E-state index in [1.54, 1.807) is 18.2 Å². The predicted octanol–water partition coefficient (Wildman–Crippen LogP) is 2.03. The number of rotatable bonds is 1. The molecule has 1 aliphatic rings. The van der Waals surface area contributed by atoms with Gasteiger partial charge in [0.15, 0.2) is 0 Å². The Kier molecular flexibility index (Phi) is 4.51. The van der Waals surface area contributed by atoms with Crippen LogP contribution in [-0.2, 0) is 0 Å². The van der Waals surface area contributed by atoms with E-state index in [9.17, 15) is 9.50 Å². The molecule has 1 saturated heterocycles. The topological polar surface area (TPSA) is 32.3 Å². The molecule has 1 aromatic carbocycles. The summed E-state index contributed by atoms with van der Waals surface area (Å²) in [5, 5.41) is 12.9. The first kappa shape index (κ1) is 12.4. The zero-order chi connectivity index (χ0) is 9.97. The Morgan fingerprint density at radius 1 is 1.33 bits per heavy atom. The molecule has 1 fully saturated rings. The molecule has 0 radical (unpaired) electrons. The van der Waals surface area contributed by atoms with Crippen molar-refractivity contribution in [2.75, 3.05) is 6.54 Å². The molecular weight excluding hydrogens is 217 g/mol. The maximum absolute atomic E-state index is 13.4. The Morgan fingerprint density at radius 3 is 2.73 bits per heavy atom. The Hall–Kier alpha value is -0.640. The number of hydrogen-bond donors (Lipinski definition) is 2. The Bertz CT molecular complexity index is 321. The van der Waals surface area contributed by atoms with Gasteiger partial charge in [0.05, 0.1) is 12.1 Å². The highest BCUT2D eigenvalue weighted by Crippen LogP contribution is 2.25. The quantitative estimate of drug-likeness (QED) is 0.775. The van der Waals surface area contributed by atoms with E-state index in [1.807, 2.05) is 0 Å². The maximum atomic E-state index is 13.4. The summed E-state index contributed by atoms with van der Waals surface area (Å²) in [5.41, 5.74) is 0.569. The molecule has 1 aromatic rings. The number of nitrogens with one attached hydrogen (secondary N) is 1. The molecule has 1 aliphatic heterocycles. The van der Waals surface area contributed by atoms with Crippen LogP contribution in [0.3, 0.4) is 0 Å². The standard InChI is InChI=1S/C11H14FNO.ClH/c12-9-5-2-1-4-8(9)11-10(14)6-3-7-13-11;/h1-2,4-5,10-11,13-14H,3,6-7H2;1H. The molecule has 0 amide bonds. The zero-order valence-corrected chi connectivity index (χ0v) is 9.14. The van der Waals surface area contributed by atoms with Crippen LogP contribution in [0.2, 0.25) is 0 Å². The average Bonchev–Trinajstić information content (AvgIpc) is 2.20. The van der Waals surface area contributed by atoms with E-state index < -0.39 is 6.10 Å². The largest absolute Gasteiger partial charge is 0.391 e. The lowest BCUT2D eigenvalue weighted by Crippen LogP contribution is -2.38. The second kappa shape index (κ2) is 5.45. The van der Waals surface area contributed by atoms with Gasteiger partial charge in [-0.1, -0.05) is 18.2 Å². The van der Waals surface area contributed by atoms with Crippen molar-refractivity contribution in [1.82, 2.24) is 5.32 Å². The van der Waals surface area contributed by atoms with Gasteiger partial charge in [-0.15, -0.1) is 12.4 Å². The van der Waals surface area contributed by atoms with Gasteiger partial charge in [-0.25, -0.2) is 4.39 Å². The Labute approximate surface area is 94.9 Å². The van der Waals surface area contributed by atoms with Crippen LogP contribution in [-0.4, -0.2) is 17.8 Å². The van der Waals surface area contributed by atoms with E-state index in [4.69, 9.17) is 0 Å². The van der Waals surface area contributed by atoms with Crippen molar-refractivity contribution in [1.29, 1.82) is 0 Å². The molecule has 0 aliphatic carbocycles. The van der Waals surface area contributed by atoms with Crippen LogP contribution in [0.25, 0.3) is 0 Å². The SMILES string of the molecule is Cl.OC1CCCNC1c1ccccc1F. The van der Waals surface area contributed by atoms with Crippen molar-refractivity contribution in [2.24, 2.45) is 0 Å². The molecule has 2 nitrogen and oxygen atoms in total. The summed E-state index contributed by atoms with van der Waals surface area (Å²) in [6, 6.07) is 6.36. The predicted molar refractivity (Wildman–Crippen MR) is 59.6 cm³/mol. The lowest BCUT2D eigenvalue weighted by molar-refractivity contribution is 0.0949. The van der Waals surface area contributed by atoms with Crippen LogP contribution < -0.4 is 5.32 Å². The van der Waals surface area contributed by atoms with Crippen LogP contribution >= 0.6 is 12.4 Å². The summed E-state index contributed by atoms with van der Waals surface area (Å²) in [6.07, 6.45) is 1.22. The highest BCUT2D eigenvalue weighted by Gasteiger charge is 2.25. The van der Waals surface area contributed by atoms with Gasteiger partial charge in [-0.3, -0.25) is 0 Å². The van der Waals surface area contributed by atoms with E-state index in [0.717, 1.165) is 19.4 Å². The summed E-state index contributed by atoms with van der Waals surface area (Å²) in [5.74, 6) is -0.244. The number of halogens is 2. The molecule has 2 N–H and O–H groups in total. The molecule has 0 aromatic heterocycles. The molecule has 0 bridgehead atoms. The second-order valence-corrected chi connectivity index (χ2v) is 3.66. The molecule has 84 valence electrons. The highest BCUT2D eigenvalue weighted by molar-refractivity contribution is 5.85. The number of aliphatic hydroxyl groups excluding tert-OH is 1. The van der Waals surface area contributed by atoms with Crippen LogP contribution in [0.15, 0.2) is 24.3 Å². The van der Waals surface area contributed by atoms with Crippen molar-refractivity contribution in [3.63, 3.8) is 0 Å². The van der Waals surface area contributed by atoms with Crippen LogP contribution in [0.4, 0.5) is 4.39 Å². The molecular formula is C11H15ClFNO. The third kappa shape index (κ3) is 2.68. The summed E-state index contributed by atoms with van der Waals surface area (Å²) < 4.78 is 13.4. The first-order valence-electron chi connectivity index (χ1n) is 4.95. The summed E-state index contributed by atoms with van der Waals surface area (Å²) in [4.78, 5) is 0. The van der Waals surface area contributed by atoms with E-state index >= 15 is 0 Å². The van der Waals surface area contributed by atoms with Gasteiger partial charge in [-0.2, -0.15) is 0 Å². The van der Waals surface area contributed by atoms with Gasteiger partial charge in [0.2, 0.25) is 0 Å². The van der Waals surface area contributed by atoms with Gasteiger partial charge in [0, 0.05) is 5.56 Å². The molecule has 15 heavy (non-hydrogen) atoms. The molecule has 1 heterocycles. The van der Waals surface area contributed by atoms with Crippen molar-refractivity contribution < 1.29 is 9.50 Å². The summed E-state index contributed by atoms with van der Waals surface area (Å²) >= 11 is 0. The highest BCUT2D eigenvalue weighted by atomic mass is 35.5. The van der Waals surface area contributed by atoms with Gasteiger partial charge >= 0.3 is 0 Å². The Morgan fingerprint density at radius 2 is 2.07 bits per heavy atom. The smallest absolute Gasteiger partial charge is 0.128 e. The lowest BCUT2D eigenvalue weighted by Gasteiger charge is -2.29. The van der Waals surface area contributed by atoms with Crippen LogP contribution in [0.5, 0.6) is 0 Å².